The molecule has 0 saturated heterocycles. The second-order valence-electron chi connectivity index (χ2n) is 15.3. The van der Waals surface area contributed by atoms with E-state index in [4.69, 9.17) is 0 Å². The molecule has 0 fully saturated rings. The summed E-state index contributed by atoms with van der Waals surface area (Å²) < 4.78 is 2.70. The normalized spacial score (nSPS) is 16.1. The Balaban J connectivity index is 1.30. The van der Waals surface area contributed by atoms with Crippen LogP contribution < -0.4 is 0 Å². The maximum atomic E-state index is 4.54. The fraction of sp³-hybridized carbons (Fsp3) is 0.164. The summed E-state index contributed by atoms with van der Waals surface area (Å²) >= 11 is 1.90. The lowest BCUT2D eigenvalue weighted by molar-refractivity contribution is 0.665. The first-order valence-electron chi connectivity index (χ1n) is 19.7. The standard InChI is InChI=1S/C55H52S/c1-10-21-36(4)37(5)32-38(6)42-22-15-13-14-16-23-43(45-25-18-17-24-44(42)45)39(7)33-40(11-2)28-30-46-48-31-29-41-34-50-47-26-19-20-27-52(47)56-53(50)35-49(41)54(48)55(8,9)51(46)12-3/h10-27,29-35H,4,6,28H2,1-3,5,7-9H3/b14-13?,15-13?,16-14?,21-10-,22-15?,23-16?,37-32-,39-33+,40-11-,42-22?,43-23?,44-42?,45-43?,46-30?,51-12+. The molecule has 0 saturated carbocycles. The lowest BCUT2D eigenvalue weighted by Gasteiger charge is -2.23. The van der Waals surface area contributed by atoms with Crippen LogP contribution in [0.1, 0.15) is 77.1 Å². The van der Waals surface area contributed by atoms with E-state index in [1.54, 1.807) is 0 Å². The van der Waals surface area contributed by atoms with Crippen molar-refractivity contribution in [1.82, 2.24) is 0 Å². The second-order valence-corrected chi connectivity index (χ2v) is 16.4. The van der Waals surface area contributed by atoms with Gasteiger partial charge < -0.3 is 0 Å². The van der Waals surface area contributed by atoms with E-state index in [2.05, 4.69) is 194 Å². The predicted octanol–water partition coefficient (Wildman–Crippen LogP) is 16.6. The van der Waals surface area contributed by atoms with Crippen molar-refractivity contribution in [2.45, 2.75) is 60.3 Å². The molecule has 0 spiro atoms. The monoisotopic (exact) mass is 744 g/mol. The molecule has 1 aromatic heterocycles. The molecule has 1 heteroatoms. The minimum atomic E-state index is -0.115. The minimum Gasteiger partial charge on any atom is -0.135 e. The molecule has 56 heavy (non-hydrogen) atoms. The molecule has 1 aliphatic rings. The Kier molecular flexibility index (Phi) is 11.1. The molecule has 0 unspecified atom stereocenters. The minimum absolute atomic E-state index is 0.115. The van der Waals surface area contributed by atoms with Crippen molar-refractivity contribution >= 4 is 69.8 Å². The predicted molar refractivity (Wildman–Crippen MR) is 252 cm³/mol. The Morgan fingerprint density at radius 3 is 2.04 bits per heavy atom. The van der Waals surface area contributed by atoms with Crippen molar-refractivity contribution in [3.8, 4) is 0 Å². The van der Waals surface area contributed by atoms with E-state index in [1.807, 2.05) is 30.4 Å². The molecular weight excluding hydrogens is 693 g/mol. The third kappa shape index (κ3) is 7.20. The maximum absolute atomic E-state index is 4.54. The van der Waals surface area contributed by atoms with Crippen LogP contribution in [0.5, 0.6) is 0 Å². The molecule has 6 aromatic rings. The molecule has 1 aliphatic carbocycles. The van der Waals surface area contributed by atoms with Gasteiger partial charge in [-0.1, -0.05) is 161 Å². The first-order chi connectivity index (χ1) is 27.1. The molecule has 0 aliphatic heterocycles. The molecule has 0 nitrogen and oxygen atoms in total. The summed E-state index contributed by atoms with van der Waals surface area (Å²) in [6.07, 6.45) is 16.5. The summed E-state index contributed by atoms with van der Waals surface area (Å²) in [7, 11) is 0. The zero-order valence-electron chi connectivity index (χ0n) is 34.0. The van der Waals surface area contributed by atoms with Gasteiger partial charge in [-0.25, -0.2) is 0 Å². The molecule has 0 radical (unpaired) electrons. The Morgan fingerprint density at radius 2 is 1.34 bits per heavy atom. The highest BCUT2D eigenvalue weighted by atomic mass is 32.1. The molecule has 5 aromatic carbocycles. The number of hydrogen-bond donors (Lipinski definition) is 0. The lowest BCUT2D eigenvalue weighted by Crippen LogP contribution is -2.15. The van der Waals surface area contributed by atoms with Crippen molar-refractivity contribution in [2.24, 2.45) is 0 Å². The van der Waals surface area contributed by atoms with Gasteiger partial charge in [0.05, 0.1) is 0 Å². The number of thiophene rings is 1. The van der Waals surface area contributed by atoms with Crippen molar-refractivity contribution < 1.29 is 0 Å². The van der Waals surface area contributed by atoms with E-state index in [0.29, 0.717) is 0 Å². The zero-order valence-corrected chi connectivity index (χ0v) is 34.8. The first kappa shape index (κ1) is 38.5. The van der Waals surface area contributed by atoms with Gasteiger partial charge in [-0.2, -0.15) is 0 Å². The highest BCUT2D eigenvalue weighted by molar-refractivity contribution is 7.25. The van der Waals surface area contributed by atoms with Crippen molar-refractivity contribution in [3.63, 3.8) is 0 Å². The summed E-state index contributed by atoms with van der Waals surface area (Å²) in [6, 6.07) is 39.9. The van der Waals surface area contributed by atoms with Crippen LogP contribution in [-0.4, -0.2) is 0 Å². The van der Waals surface area contributed by atoms with Gasteiger partial charge in [0.25, 0.3) is 0 Å². The van der Waals surface area contributed by atoms with Crippen LogP contribution in [-0.2, 0) is 5.41 Å². The van der Waals surface area contributed by atoms with E-state index in [9.17, 15) is 0 Å². The van der Waals surface area contributed by atoms with Crippen LogP contribution in [0.15, 0.2) is 187 Å². The van der Waals surface area contributed by atoms with Crippen LogP contribution in [0.25, 0.3) is 58.4 Å². The molecule has 0 N–H and O–H groups in total. The third-order valence-electron chi connectivity index (χ3n) is 11.4. The average molecular weight is 745 g/mol. The number of fused-ring (bicyclic) bond motifs is 7. The molecule has 7 rings (SSSR count). The van der Waals surface area contributed by atoms with Crippen molar-refractivity contribution in [1.29, 1.82) is 0 Å². The SMILES string of the molecule is C=C(/C=C\C)/C(C)=C\C(=C)c1ccccccc(/C(C)=C/C(=C\C)CC=C2/C(=C\C)C(C)(C)c3c2ccc2cc4c(cc32)sc2ccccc24)c2ccccc12. The fourth-order valence-corrected chi connectivity index (χ4v) is 9.71. The molecule has 0 atom stereocenters. The quantitative estimate of drug-likeness (QED) is 0.136. The Hall–Kier alpha value is -5.76. The van der Waals surface area contributed by atoms with Gasteiger partial charge in [-0.3, -0.25) is 0 Å². The van der Waals surface area contributed by atoms with Gasteiger partial charge in [-0.15, -0.1) is 11.3 Å². The summed E-state index contributed by atoms with van der Waals surface area (Å²) in [5, 5.41) is 7.72. The van der Waals surface area contributed by atoms with E-state index in [1.165, 1.54) is 75.3 Å². The second kappa shape index (κ2) is 16.1. The van der Waals surface area contributed by atoms with Crippen LogP contribution in [0.2, 0.25) is 0 Å². The Morgan fingerprint density at radius 1 is 0.679 bits per heavy atom. The van der Waals surface area contributed by atoms with Crippen LogP contribution in [0.3, 0.4) is 0 Å². The summed E-state index contributed by atoms with van der Waals surface area (Å²) in [5.74, 6) is 0. The lowest BCUT2D eigenvalue weighted by atomic mass is 9.80. The number of allylic oxidation sites excluding steroid dienone is 14. The van der Waals surface area contributed by atoms with Gasteiger partial charge in [0.15, 0.2) is 0 Å². The number of benzene rings is 4. The van der Waals surface area contributed by atoms with Crippen LogP contribution in [0, 0.1) is 0 Å². The van der Waals surface area contributed by atoms with Crippen molar-refractivity contribution in [3.05, 3.63) is 209 Å². The van der Waals surface area contributed by atoms with Gasteiger partial charge in [0, 0.05) is 25.6 Å². The van der Waals surface area contributed by atoms with E-state index < -0.39 is 0 Å². The maximum Gasteiger partial charge on any atom is 0.0361 e. The highest BCUT2D eigenvalue weighted by Gasteiger charge is 2.39. The van der Waals surface area contributed by atoms with E-state index in [0.717, 1.165) is 34.1 Å². The van der Waals surface area contributed by atoms with Gasteiger partial charge in [0.1, 0.15) is 0 Å². The van der Waals surface area contributed by atoms with Crippen LogP contribution in [0.4, 0.5) is 0 Å². The first-order valence-corrected chi connectivity index (χ1v) is 20.5. The summed E-state index contributed by atoms with van der Waals surface area (Å²) in [4.78, 5) is 0. The average Bonchev–Trinajstić information content (AvgIpc) is 3.66. The van der Waals surface area contributed by atoms with Gasteiger partial charge in [-0.05, 0) is 142 Å². The fourth-order valence-electron chi connectivity index (χ4n) is 8.58. The zero-order chi connectivity index (χ0) is 39.6. The third-order valence-corrected chi connectivity index (χ3v) is 12.5. The molecule has 0 amide bonds. The smallest absolute Gasteiger partial charge is 0.0361 e. The van der Waals surface area contributed by atoms with Gasteiger partial charge in [0.2, 0.25) is 0 Å². The summed E-state index contributed by atoms with van der Waals surface area (Å²) in [5.41, 5.74) is 13.3. The Labute approximate surface area is 337 Å². The highest BCUT2D eigenvalue weighted by Crippen LogP contribution is 2.53. The molecule has 0 bridgehead atoms. The molecular formula is C55H52S. The number of rotatable bonds is 8. The van der Waals surface area contributed by atoms with Crippen LogP contribution >= 0.6 is 11.3 Å². The summed E-state index contributed by atoms with van der Waals surface area (Å²) in [6.45, 7) is 24.3. The van der Waals surface area contributed by atoms with Gasteiger partial charge >= 0.3 is 0 Å². The Bertz CT molecular complexity index is 2810. The largest absolute Gasteiger partial charge is 0.135 e. The molecule has 1 heterocycles. The topological polar surface area (TPSA) is 0 Å². The van der Waals surface area contributed by atoms with Crippen molar-refractivity contribution in [2.75, 3.05) is 0 Å². The van der Waals surface area contributed by atoms with E-state index >= 15 is 0 Å². The molecule has 278 valence electrons. The van der Waals surface area contributed by atoms with E-state index in [-0.39, 0.29) is 5.41 Å². The number of hydrogen-bond acceptors (Lipinski definition) is 1.